The zero-order valence-corrected chi connectivity index (χ0v) is 16.8. The maximum absolute atomic E-state index is 12.2. The molecule has 0 unspecified atom stereocenters. The molecule has 1 atom stereocenters. The van der Waals surface area contributed by atoms with Crippen LogP contribution in [0.2, 0.25) is 10.0 Å². The van der Waals surface area contributed by atoms with Gasteiger partial charge in [0.15, 0.2) is 0 Å². The van der Waals surface area contributed by atoms with Crippen LogP contribution in [0.15, 0.2) is 53.1 Å². The maximum Gasteiger partial charge on any atom is 0.225 e. The van der Waals surface area contributed by atoms with E-state index in [4.69, 9.17) is 27.9 Å². The number of nitrogens with zero attached hydrogens (tertiary/aromatic N) is 1. The number of thioether (sulfide) groups is 1. The molecule has 0 aromatic heterocycles. The predicted molar refractivity (Wildman–Crippen MR) is 109 cm³/mol. The summed E-state index contributed by atoms with van der Waals surface area (Å²) in [6.45, 7) is 0. The van der Waals surface area contributed by atoms with Crippen molar-refractivity contribution in [3.05, 3.63) is 74.2 Å². The van der Waals surface area contributed by atoms with Gasteiger partial charge in [0.05, 0.1) is 33.8 Å². The third-order valence-corrected chi connectivity index (χ3v) is 6.07. The molecule has 0 fully saturated rings. The summed E-state index contributed by atoms with van der Waals surface area (Å²) in [5, 5.41) is 14.1. The smallest absolute Gasteiger partial charge is 0.225 e. The number of rotatable bonds is 5. The van der Waals surface area contributed by atoms with Gasteiger partial charge < -0.3 is 10.1 Å². The molecule has 2 aromatic rings. The largest absolute Gasteiger partial charge is 0.497 e. The molecule has 138 valence electrons. The monoisotopic (exact) mass is 418 g/mol. The minimum Gasteiger partial charge on any atom is -0.497 e. The molecule has 4 nitrogen and oxygen atoms in total. The second-order valence-electron chi connectivity index (χ2n) is 5.97. The summed E-state index contributed by atoms with van der Waals surface area (Å²) in [7, 11) is 1.60. The van der Waals surface area contributed by atoms with Crippen LogP contribution in [0.3, 0.4) is 0 Å². The SMILES string of the molecule is COc1ccc([C@@H]2CC(=O)NC(SCc3ccc(Cl)c(Cl)c3)=C2C#N)cc1. The zero-order chi connectivity index (χ0) is 19.4. The van der Waals surface area contributed by atoms with Crippen molar-refractivity contribution in [3.63, 3.8) is 0 Å². The van der Waals surface area contributed by atoms with Crippen molar-refractivity contribution < 1.29 is 9.53 Å². The van der Waals surface area contributed by atoms with Crippen molar-refractivity contribution in [1.29, 1.82) is 5.26 Å². The van der Waals surface area contributed by atoms with Crippen molar-refractivity contribution in [2.24, 2.45) is 0 Å². The Balaban J connectivity index is 1.86. The second kappa shape index (κ2) is 8.71. The molecular weight excluding hydrogens is 403 g/mol. The lowest BCUT2D eigenvalue weighted by atomic mass is 9.87. The number of nitriles is 1. The first-order valence-corrected chi connectivity index (χ1v) is 9.90. The normalized spacial score (nSPS) is 16.7. The summed E-state index contributed by atoms with van der Waals surface area (Å²) in [5.74, 6) is 0.917. The highest BCUT2D eigenvalue weighted by Gasteiger charge is 2.29. The van der Waals surface area contributed by atoms with Gasteiger partial charge in [-0.2, -0.15) is 5.26 Å². The van der Waals surface area contributed by atoms with Crippen molar-refractivity contribution in [2.45, 2.75) is 18.1 Å². The Labute approximate surface area is 172 Å². The van der Waals surface area contributed by atoms with Crippen LogP contribution in [0.5, 0.6) is 5.75 Å². The third kappa shape index (κ3) is 4.59. The number of allylic oxidation sites excluding steroid dienone is 1. The van der Waals surface area contributed by atoms with Crippen LogP contribution in [0.25, 0.3) is 0 Å². The Bertz CT molecular complexity index is 936. The molecule has 27 heavy (non-hydrogen) atoms. The quantitative estimate of drug-likeness (QED) is 0.717. The lowest BCUT2D eigenvalue weighted by Crippen LogP contribution is -2.30. The van der Waals surface area contributed by atoms with E-state index in [-0.39, 0.29) is 18.2 Å². The molecule has 1 amide bonds. The van der Waals surface area contributed by atoms with Crippen LogP contribution in [-0.4, -0.2) is 13.0 Å². The number of halogens is 2. The molecule has 3 rings (SSSR count). The van der Waals surface area contributed by atoms with Crippen molar-refractivity contribution in [2.75, 3.05) is 7.11 Å². The highest BCUT2D eigenvalue weighted by atomic mass is 35.5. The van der Waals surface area contributed by atoms with Gasteiger partial charge >= 0.3 is 0 Å². The van der Waals surface area contributed by atoms with Crippen molar-refractivity contribution >= 4 is 40.9 Å². The van der Waals surface area contributed by atoms with Gasteiger partial charge in [0.1, 0.15) is 5.75 Å². The van der Waals surface area contributed by atoms with E-state index in [2.05, 4.69) is 11.4 Å². The highest BCUT2D eigenvalue weighted by molar-refractivity contribution is 8.02. The van der Waals surface area contributed by atoms with Gasteiger partial charge in [-0.3, -0.25) is 4.79 Å². The zero-order valence-electron chi connectivity index (χ0n) is 14.5. The Morgan fingerprint density at radius 2 is 1.96 bits per heavy atom. The maximum atomic E-state index is 12.2. The molecule has 7 heteroatoms. The summed E-state index contributed by atoms with van der Waals surface area (Å²) < 4.78 is 5.18. The Morgan fingerprint density at radius 3 is 2.59 bits per heavy atom. The van der Waals surface area contributed by atoms with Gasteiger partial charge in [-0.25, -0.2) is 0 Å². The molecule has 0 saturated carbocycles. The van der Waals surface area contributed by atoms with Crippen LogP contribution in [0.1, 0.15) is 23.5 Å². The Hall–Kier alpha value is -2.13. The molecule has 0 bridgehead atoms. The van der Waals surface area contributed by atoms with Gasteiger partial charge in [-0.05, 0) is 35.4 Å². The average Bonchev–Trinajstić information content (AvgIpc) is 2.68. The molecule has 0 saturated heterocycles. The van der Waals surface area contributed by atoms with E-state index >= 15 is 0 Å². The highest BCUT2D eigenvalue weighted by Crippen LogP contribution is 2.37. The molecule has 2 aromatic carbocycles. The predicted octanol–water partition coefficient (Wildman–Crippen LogP) is 5.27. The standard InChI is InChI=1S/C20H16Cl2N2O2S/c1-26-14-5-3-13(4-6-14)15-9-19(25)24-20(16(15)10-23)27-11-12-2-7-17(21)18(22)8-12/h2-8,15H,9,11H2,1H3,(H,24,25)/t15-/m0/s1. The van der Waals surface area contributed by atoms with Gasteiger partial charge in [-0.15, -0.1) is 11.8 Å². The second-order valence-corrected chi connectivity index (χ2v) is 7.77. The van der Waals surface area contributed by atoms with Crippen molar-refractivity contribution in [1.82, 2.24) is 5.32 Å². The molecule has 1 heterocycles. The third-order valence-electron chi connectivity index (χ3n) is 4.24. The molecule has 0 aliphatic carbocycles. The number of nitrogens with one attached hydrogen (secondary N) is 1. The lowest BCUT2D eigenvalue weighted by molar-refractivity contribution is -0.120. The Morgan fingerprint density at radius 1 is 1.22 bits per heavy atom. The number of hydrogen-bond donors (Lipinski definition) is 1. The van der Waals surface area contributed by atoms with Gasteiger partial charge in [0.2, 0.25) is 5.91 Å². The van der Waals surface area contributed by atoms with Gasteiger partial charge in [0, 0.05) is 18.1 Å². The molecular formula is C20H16Cl2N2O2S. The van der Waals surface area contributed by atoms with E-state index < -0.39 is 0 Å². The first kappa shape index (κ1) is 19.6. The van der Waals surface area contributed by atoms with E-state index in [1.807, 2.05) is 30.3 Å². The number of carbonyl (C=O) groups excluding carboxylic acids is 1. The fourth-order valence-electron chi connectivity index (χ4n) is 2.84. The van der Waals surface area contributed by atoms with Crippen LogP contribution in [-0.2, 0) is 10.5 Å². The summed E-state index contributed by atoms with van der Waals surface area (Å²) in [6, 6.07) is 15.1. The molecule has 0 radical (unpaired) electrons. The number of benzene rings is 2. The average molecular weight is 419 g/mol. The van der Waals surface area contributed by atoms with Crippen molar-refractivity contribution in [3.8, 4) is 11.8 Å². The summed E-state index contributed by atoms with van der Waals surface area (Å²) in [6.07, 6.45) is 0.242. The van der Waals surface area contributed by atoms with Crippen LogP contribution >= 0.6 is 35.0 Å². The summed E-state index contributed by atoms with van der Waals surface area (Å²) in [4.78, 5) is 12.2. The first-order valence-electron chi connectivity index (χ1n) is 8.16. The Kier molecular flexibility index (Phi) is 6.33. The summed E-state index contributed by atoms with van der Waals surface area (Å²) in [5.41, 5.74) is 2.43. The lowest BCUT2D eigenvalue weighted by Gasteiger charge is -2.25. The number of hydrogen-bond acceptors (Lipinski definition) is 4. The number of methoxy groups -OCH3 is 1. The van der Waals surface area contributed by atoms with E-state index in [1.54, 1.807) is 19.2 Å². The first-order chi connectivity index (χ1) is 13.0. The molecule has 0 spiro atoms. The van der Waals surface area contributed by atoms with Gasteiger partial charge in [-0.1, -0.05) is 41.4 Å². The molecule has 1 N–H and O–H groups in total. The number of carbonyl (C=O) groups is 1. The topological polar surface area (TPSA) is 62.1 Å². The van der Waals surface area contributed by atoms with Gasteiger partial charge in [0.25, 0.3) is 0 Å². The minimum atomic E-state index is -0.272. The number of ether oxygens (including phenoxy) is 1. The molecule has 1 aliphatic rings. The number of amides is 1. The summed E-state index contributed by atoms with van der Waals surface area (Å²) >= 11 is 13.4. The van der Waals surface area contributed by atoms with Crippen LogP contribution < -0.4 is 10.1 Å². The van der Waals surface area contributed by atoms with Crippen LogP contribution in [0, 0.1) is 11.3 Å². The van der Waals surface area contributed by atoms with Crippen LogP contribution in [0.4, 0.5) is 0 Å². The van der Waals surface area contributed by atoms with E-state index in [9.17, 15) is 10.1 Å². The molecule has 1 aliphatic heterocycles. The van der Waals surface area contributed by atoms with E-state index in [0.717, 1.165) is 16.9 Å². The fraction of sp³-hybridized carbons (Fsp3) is 0.200. The van der Waals surface area contributed by atoms with E-state index in [1.165, 1.54) is 11.8 Å². The minimum absolute atomic E-state index is 0.105. The fourth-order valence-corrected chi connectivity index (χ4v) is 4.18. The van der Waals surface area contributed by atoms with E-state index in [0.29, 0.717) is 26.4 Å².